The number of aliphatic hydroxyl groups is 1. The molecule has 48 heavy (non-hydrogen) atoms. The Bertz CT molecular complexity index is 804. The Morgan fingerprint density at radius 1 is 0.708 bits per heavy atom. The molecule has 0 spiro atoms. The van der Waals surface area contributed by atoms with Crippen LogP contribution in [0.4, 0.5) is 0 Å². The minimum absolute atomic E-state index is 0.000201. The summed E-state index contributed by atoms with van der Waals surface area (Å²) < 4.78 is 22.8. The second-order valence-corrected chi connectivity index (χ2v) is 16.4. The van der Waals surface area contributed by atoms with Crippen molar-refractivity contribution in [2.45, 2.75) is 193 Å². The van der Waals surface area contributed by atoms with E-state index in [4.69, 9.17) is 9.05 Å². The van der Waals surface area contributed by atoms with E-state index in [1.54, 1.807) is 6.08 Å². The second-order valence-electron chi connectivity index (χ2n) is 15.0. The van der Waals surface area contributed by atoms with E-state index >= 15 is 0 Å². The Morgan fingerprint density at radius 2 is 1.12 bits per heavy atom. The number of nitrogens with zero attached hydrogens (tertiary/aromatic N) is 1. The molecule has 0 saturated heterocycles. The number of hydrogen-bond acceptors (Lipinski definition) is 6. The summed E-state index contributed by atoms with van der Waals surface area (Å²) in [5.74, 6) is -0.232. The molecular formula is C39H79N2O6P. The monoisotopic (exact) mass is 703 g/mol. The van der Waals surface area contributed by atoms with Crippen molar-refractivity contribution in [1.82, 2.24) is 5.32 Å². The van der Waals surface area contributed by atoms with Crippen LogP contribution in [0.5, 0.6) is 0 Å². The molecule has 286 valence electrons. The van der Waals surface area contributed by atoms with Crippen LogP contribution in [0.1, 0.15) is 181 Å². The smallest absolute Gasteiger partial charge is 0.268 e. The third-order valence-electron chi connectivity index (χ3n) is 9.00. The van der Waals surface area contributed by atoms with Crippen LogP contribution in [0.25, 0.3) is 0 Å². The maximum absolute atomic E-state index is 12.3. The van der Waals surface area contributed by atoms with Crippen molar-refractivity contribution in [3.8, 4) is 0 Å². The van der Waals surface area contributed by atoms with E-state index in [-0.39, 0.29) is 19.1 Å². The Morgan fingerprint density at radius 3 is 1.54 bits per heavy atom. The van der Waals surface area contributed by atoms with E-state index in [9.17, 15) is 19.4 Å². The zero-order chi connectivity index (χ0) is 35.8. The average Bonchev–Trinajstić information content (AvgIpc) is 3.03. The second kappa shape index (κ2) is 32.2. The van der Waals surface area contributed by atoms with E-state index < -0.39 is 20.0 Å². The number of phosphoric ester groups is 1. The lowest BCUT2D eigenvalue weighted by Gasteiger charge is -2.29. The highest BCUT2D eigenvalue weighted by Crippen LogP contribution is 2.38. The van der Waals surface area contributed by atoms with Crippen molar-refractivity contribution in [2.75, 3.05) is 40.9 Å². The number of likely N-dealkylation sites (N-methyl/N-ethyl adjacent to an activating group) is 1. The number of unbranched alkanes of at least 4 members (excludes halogenated alkanes) is 23. The zero-order valence-electron chi connectivity index (χ0n) is 32.2. The summed E-state index contributed by atoms with van der Waals surface area (Å²) in [6.45, 7) is 4.40. The third-order valence-corrected chi connectivity index (χ3v) is 9.96. The predicted octanol–water partition coefficient (Wildman–Crippen LogP) is 9.78. The number of amides is 1. The Hall–Kier alpha value is -0.760. The number of nitrogens with one attached hydrogen (secondary N) is 1. The van der Waals surface area contributed by atoms with Crippen molar-refractivity contribution >= 4 is 13.7 Å². The molecule has 0 aliphatic carbocycles. The molecule has 3 atom stereocenters. The Kier molecular flexibility index (Phi) is 31.7. The van der Waals surface area contributed by atoms with E-state index in [0.717, 1.165) is 32.1 Å². The molecule has 2 N–H and O–H groups in total. The molecular weight excluding hydrogens is 623 g/mol. The van der Waals surface area contributed by atoms with Crippen molar-refractivity contribution in [1.29, 1.82) is 0 Å². The van der Waals surface area contributed by atoms with Crippen LogP contribution in [-0.2, 0) is 18.4 Å². The highest BCUT2D eigenvalue weighted by atomic mass is 31.2. The fraction of sp³-hybridized carbons (Fsp3) is 0.923. The van der Waals surface area contributed by atoms with Gasteiger partial charge in [-0.1, -0.05) is 167 Å². The van der Waals surface area contributed by atoms with Crippen molar-refractivity contribution < 1.29 is 32.9 Å². The highest BCUT2D eigenvalue weighted by molar-refractivity contribution is 7.45. The zero-order valence-corrected chi connectivity index (χ0v) is 33.1. The van der Waals surface area contributed by atoms with Gasteiger partial charge in [0.1, 0.15) is 13.2 Å². The van der Waals surface area contributed by atoms with Crippen molar-refractivity contribution in [3.05, 3.63) is 12.2 Å². The summed E-state index contributed by atoms with van der Waals surface area (Å²) in [7, 11) is 1.26. The van der Waals surface area contributed by atoms with Gasteiger partial charge in [0.05, 0.1) is 39.9 Å². The minimum atomic E-state index is -4.55. The first-order valence-electron chi connectivity index (χ1n) is 20.1. The van der Waals surface area contributed by atoms with Gasteiger partial charge in [0.2, 0.25) is 5.91 Å². The maximum Gasteiger partial charge on any atom is 0.268 e. The van der Waals surface area contributed by atoms with Crippen LogP contribution in [-0.4, -0.2) is 68.5 Å². The highest BCUT2D eigenvalue weighted by Gasteiger charge is 2.23. The molecule has 0 aromatic rings. The molecule has 3 unspecified atom stereocenters. The summed E-state index contributed by atoms with van der Waals surface area (Å²) in [6.07, 6.45) is 35.3. The molecule has 0 aliphatic rings. The summed E-state index contributed by atoms with van der Waals surface area (Å²) >= 11 is 0. The quantitative estimate of drug-likeness (QED) is 0.0291. The first-order valence-corrected chi connectivity index (χ1v) is 21.5. The van der Waals surface area contributed by atoms with E-state index in [1.165, 1.54) is 128 Å². The molecule has 9 heteroatoms. The third kappa shape index (κ3) is 33.7. The van der Waals surface area contributed by atoms with E-state index in [2.05, 4.69) is 12.2 Å². The molecule has 0 aliphatic heterocycles. The van der Waals surface area contributed by atoms with Crippen LogP contribution >= 0.6 is 7.82 Å². The number of phosphoric acid groups is 1. The number of aliphatic hydroxyl groups excluding tert-OH is 1. The first kappa shape index (κ1) is 47.2. The summed E-state index contributed by atoms with van der Waals surface area (Å²) in [5, 5.41) is 13.5. The molecule has 8 nitrogen and oxygen atoms in total. The fourth-order valence-electron chi connectivity index (χ4n) is 5.72. The lowest BCUT2D eigenvalue weighted by molar-refractivity contribution is -0.870. The predicted molar refractivity (Wildman–Crippen MR) is 201 cm³/mol. The Labute approximate surface area is 297 Å². The number of quaternary nitrogens is 1. The topological polar surface area (TPSA) is 108 Å². The molecule has 0 rings (SSSR count). The summed E-state index contributed by atoms with van der Waals surface area (Å²) in [5.41, 5.74) is 0. The molecule has 0 saturated carbocycles. The summed E-state index contributed by atoms with van der Waals surface area (Å²) in [4.78, 5) is 24.6. The Balaban J connectivity index is 3.94. The average molecular weight is 703 g/mol. The van der Waals surface area contributed by atoms with Gasteiger partial charge in [0.15, 0.2) is 0 Å². The summed E-state index contributed by atoms with van der Waals surface area (Å²) in [6, 6.07) is -0.876. The van der Waals surface area contributed by atoms with Crippen LogP contribution in [0, 0.1) is 0 Å². The number of allylic oxidation sites excluding steroid dienone is 1. The van der Waals surface area contributed by atoms with E-state index in [1.807, 2.05) is 34.1 Å². The first-order chi connectivity index (χ1) is 23.0. The van der Waals surface area contributed by atoms with Gasteiger partial charge >= 0.3 is 0 Å². The SMILES string of the molecule is CCCCCCCCCCCCCCCCCCCCCCCC/C=C/C(O)C(COP(=O)([O-])OCC[N+](C)(C)C)NC(=O)CCCC. The maximum atomic E-state index is 12.3. The van der Waals surface area contributed by atoms with Gasteiger partial charge in [-0.2, -0.15) is 0 Å². The van der Waals surface area contributed by atoms with Crippen LogP contribution in [0.3, 0.4) is 0 Å². The van der Waals surface area contributed by atoms with Gasteiger partial charge < -0.3 is 28.8 Å². The number of carbonyl (C=O) groups is 1. The number of rotatable bonds is 36. The normalized spacial score (nSPS) is 14.7. The minimum Gasteiger partial charge on any atom is -0.756 e. The van der Waals surface area contributed by atoms with Gasteiger partial charge in [-0.05, 0) is 19.3 Å². The molecule has 0 heterocycles. The lowest BCUT2D eigenvalue weighted by Crippen LogP contribution is -2.45. The number of hydrogen-bond donors (Lipinski definition) is 2. The van der Waals surface area contributed by atoms with Gasteiger partial charge in [-0.25, -0.2) is 0 Å². The van der Waals surface area contributed by atoms with Gasteiger partial charge in [0, 0.05) is 6.42 Å². The van der Waals surface area contributed by atoms with Crippen LogP contribution < -0.4 is 10.2 Å². The molecule has 0 aromatic carbocycles. The van der Waals surface area contributed by atoms with Crippen LogP contribution in [0.2, 0.25) is 0 Å². The molecule has 0 aromatic heterocycles. The standard InChI is InChI=1S/C39H79N2O6P/c1-6-8-10-11-12-13-14-15-16-17-18-19-20-21-22-23-24-25-26-27-28-29-30-31-32-38(42)37(40-39(43)33-9-7-2)36-47-48(44,45)46-35-34-41(3,4)5/h31-32,37-38,42H,6-30,33-36H2,1-5H3,(H-,40,43,44,45)/b32-31+. The van der Waals surface area contributed by atoms with E-state index in [0.29, 0.717) is 17.4 Å². The van der Waals surface area contributed by atoms with Gasteiger partial charge in [-0.15, -0.1) is 0 Å². The lowest BCUT2D eigenvalue weighted by atomic mass is 10.0. The van der Waals surface area contributed by atoms with Gasteiger partial charge in [-0.3, -0.25) is 9.36 Å². The molecule has 0 bridgehead atoms. The van der Waals surface area contributed by atoms with Crippen molar-refractivity contribution in [2.24, 2.45) is 0 Å². The van der Waals surface area contributed by atoms with Gasteiger partial charge in [0.25, 0.3) is 7.82 Å². The van der Waals surface area contributed by atoms with Crippen molar-refractivity contribution in [3.63, 3.8) is 0 Å². The molecule has 0 radical (unpaired) electrons. The molecule has 0 fully saturated rings. The fourth-order valence-corrected chi connectivity index (χ4v) is 6.44. The largest absolute Gasteiger partial charge is 0.756 e. The number of carbonyl (C=O) groups excluding carboxylic acids is 1. The molecule has 1 amide bonds. The van der Waals surface area contributed by atoms with Crippen LogP contribution in [0.15, 0.2) is 12.2 Å².